The van der Waals surface area contributed by atoms with Crippen molar-refractivity contribution >= 4 is 0 Å². The summed E-state index contributed by atoms with van der Waals surface area (Å²) in [5, 5.41) is 4.22. The predicted molar refractivity (Wildman–Crippen MR) is 51.5 cm³/mol. The van der Waals surface area contributed by atoms with Crippen LogP contribution in [0.5, 0.6) is 0 Å². The highest BCUT2D eigenvalue weighted by molar-refractivity contribution is 5.23. The molecule has 0 aliphatic carbocycles. The second-order valence-electron chi connectivity index (χ2n) is 3.11. The Kier molecular flexibility index (Phi) is 1.92. The normalized spacial score (nSPS) is 10.4. The third kappa shape index (κ3) is 1.44. The largest absolute Gasteiger partial charge is 0.313 e. The molecule has 0 fully saturated rings. The van der Waals surface area contributed by atoms with E-state index in [9.17, 15) is 4.79 Å². The van der Waals surface area contributed by atoms with Gasteiger partial charge >= 0.3 is 0 Å². The first-order chi connectivity index (χ1) is 6.66. The monoisotopic (exact) mass is 190 g/mol. The summed E-state index contributed by atoms with van der Waals surface area (Å²) in [5.74, 6) is 0.541. The molecule has 2 aromatic rings. The van der Waals surface area contributed by atoms with Crippen LogP contribution in [0.25, 0.3) is 5.82 Å². The van der Waals surface area contributed by atoms with E-state index in [4.69, 9.17) is 0 Å². The maximum Gasteiger partial charge on any atom is 0.252 e. The van der Waals surface area contributed by atoms with Gasteiger partial charge < -0.3 is 4.98 Å². The van der Waals surface area contributed by atoms with Gasteiger partial charge in [-0.3, -0.25) is 4.79 Å². The highest BCUT2D eigenvalue weighted by atomic mass is 16.1. The van der Waals surface area contributed by atoms with Gasteiger partial charge in [-0.2, -0.15) is 5.10 Å². The lowest BCUT2D eigenvalue weighted by Gasteiger charge is -2.00. The van der Waals surface area contributed by atoms with Crippen LogP contribution in [0.4, 0.5) is 0 Å². The highest BCUT2D eigenvalue weighted by Crippen LogP contribution is 2.06. The molecule has 0 radical (unpaired) electrons. The van der Waals surface area contributed by atoms with E-state index < -0.39 is 0 Å². The molecule has 0 spiro atoms. The SMILES string of the molecule is Cc1cc(C)n(-c2cc(=O)[nH]cn2)n1. The molecule has 0 saturated heterocycles. The van der Waals surface area contributed by atoms with E-state index in [0.717, 1.165) is 11.4 Å². The number of aromatic nitrogens is 4. The van der Waals surface area contributed by atoms with E-state index in [1.165, 1.54) is 12.4 Å². The summed E-state index contributed by atoms with van der Waals surface area (Å²) in [6.07, 6.45) is 1.37. The summed E-state index contributed by atoms with van der Waals surface area (Å²) in [6, 6.07) is 3.35. The number of nitrogens with one attached hydrogen (secondary N) is 1. The average molecular weight is 190 g/mol. The maximum atomic E-state index is 11.0. The molecule has 5 nitrogen and oxygen atoms in total. The van der Waals surface area contributed by atoms with E-state index in [2.05, 4.69) is 15.1 Å². The number of aromatic amines is 1. The van der Waals surface area contributed by atoms with Crippen LogP contribution in [0.1, 0.15) is 11.4 Å². The van der Waals surface area contributed by atoms with Crippen molar-refractivity contribution in [2.24, 2.45) is 0 Å². The Morgan fingerprint density at radius 3 is 2.71 bits per heavy atom. The number of hydrogen-bond acceptors (Lipinski definition) is 3. The van der Waals surface area contributed by atoms with Crippen LogP contribution in [0.2, 0.25) is 0 Å². The summed E-state index contributed by atoms with van der Waals surface area (Å²) in [5.41, 5.74) is 1.69. The molecule has 5 heteroatoms. The summed E-state index contributed by atoms with van der Waals surface area (Å²) < 4.78 is 1.64. The topological polar surface area (TPSA) is 63.6 Å². The van der Waals surface area contributed by atoms with Crippen LogP contribution in [-0.4, -0.2) is 19.7 Å². The smallest absolute Gasteiger partial charge is 0.252 e. The molecule has 0 aliphatic heterocycles. The maximum absolute atomic E-state index is 11.0. The molecule has 1 N–H and O–H groups in total. The van der Waals surface area contributed by atoms with Gasteiger partial charge in [-0.1, -0.05) is 0 Å². The molecular formula is C9H10N4O. The fourth-order valence-electron chi connectivity index (χ4n) is 1.33. The van der Waals surface area contributed by atoms with Gasteiger partial charge in [-0.05, 0) is 19.9 Å². The minimum atomic E-state index is -0.178. The summed E-state index contributed by atoms with van der Waals surface area (Å²) >= 11 is 0. The fourth-order valence-corrected chi connectivity index (χ4v) is 1.33. The lowest BCUT2D eigenvalue weighted by Crippen LogP contribution is -2.10. The Hall–Kier alpha value is -1.91. The van der Waals surface area contributed by atoms with Gasteiger partial charge in [0.1, 0.15) is 0 Å². The Morgan fingerprint density at radius 1 is 1.36 bits per heavy atom. The van der Waals surface area contributed by atoms with Crippen molar-refractivity contribution in [1.82, 2.24) is 19.7 Å². The summed E-state index contributed by atoms with van der Waals surface area (Å²) in [4.78, 5) is 17.5. The van der Waals surface area contributed by atoms with Crippen LogP contribution in [0.3, 0.4) is 0 Å². The quantitative estimate of drug-likeness (QED) is 0.715. The van der Waals surface area contributed by atoms with Crippen molar-refractivity contribution < 1.29 is 0 Å². The zero-order chi connectivity index (χ0) is 10.1. The second-order valence-corrected chi connectivity index (χ2v) is 3.11. The van der Waals surface area contributed by atoms with Gasteiger partial charge in [0.05, 0.1) is 12.0 Å². The highest BCUT2D eigenvalue weighted by Gasteiger charge is 2.04. The lowest BCUT2D eigenvalue weighted by atomic mass is 10.4. The van der Waals surface area contributed by atoms with Gasteiger partial charge in [0.15, 0.2) is 5.82 Å². The number of rotatable bonds is 1. The minimum Gasteiger partial charge on any atom is -0.313 e. The van der Waals surface area contributed by atoms with Crippen LogP contribution in [-0.2, 0) is 0 Å². The van der Waals surface area contributed by atoms with Crippen molar-refractivity contribution in [2.45, 2.75) is 13.8 Å². The molecule has 14 heavy (non-hydrogen) atoms. The molecule has 2 rings (SSSR count). The molecule has 0 amide bonds. The van der Waals surface area contributed by atoms with E-state index in [-0.39, 0.29) is 5.56 Å². The van der Waals surface area contributed by atoms with E-state index in [0.29, 0.717) is 5.82 Å². The van der Waals surface area contributed by atoms with Crippen LogP contribution >= 0.6 is 0 Å². The number of nitrogens with zero attached hydrogens (tertiary/aromatic N) is 3. The van der Waals surface area contributed by atoms with Crippen molar-refractivity contribution in [3.05, 3.63) is 40.2 Å². The number of H-pyrrole nitrogens is 1. The fraction of sp³-hybridized carbons (Fsp3) is 0.222. The predicted octanol–water partition coefficient (Wildman–Crippen LogP) is 0.572. The average Bonchev–Trinajstić information content (AvgIpc) is 2.45. The summed E-state index contributed by atoms with van der Waals surface area (Å²) in [6.45, 7) is 3.82. The van der Waals surface area contributed by atoms with Gasteiger partial charge in [0.2, 0.25) is 0 Å². The van der Waals surface area contributed by atoms with E-state index >= 15 is 0 Å². The molecular weight excluding hydrogens is 180 g/mol. The molecule has 2 heterocycles. The van der Waals surface area contributed by atoms with Gasteiger partial charge in [0, 0.05) is 11.8 Å². The van der Waals surface area contributed by atoms with E-state index in [1.807, 2.05) is 19.9 Å². The number of hydrogen-bond donors (Lipinski definition) is 1. The molecule has 72 valence electrons. The molecule has 0 saturated carbocycles. The number of aryl methyl sites for hydroxylation is 2. The molecule has 0 unspecified atom stereocenters. The van der Waals surface area contributed by atoms with Gasteiger partial charge in [-0.15, -0.1) is 0 Å². The van der Waals surface area contributed by atoms with Crippen LogP contribution < -0.4 is 5.56 Å². The molecule has 2 aromatic heterocycles. The van der Waals surface area contributed by atoms with Crippen LogP contribution in [0.15, 0.2) is 23.3 Å². The first-order valence-electron chi connectivity index (χ1n) is 4.25. The molecule has 0 aromatic carbocycles. The minimum absolute atomic E-state index is 0.178. The Bertz CT molecular complexity index is 512. The van der Waals surface area contributed by atoms with Gasteiger partial charge in [-0.25, -0.2) is 9.67 Å². The Labute approximate surface area is 80.4 Å². The Balaban J connectivity index is 2.59. The van der Waals surface area contributed by atoms with Crippen molar-refractivity contribution in [1.29, 1.82) is 0 Å². The van der Waals surface area contributed by atoms with Gasteiger partial charge in [0.25, 0.3) is 5.56 Å². The van der Waals surface area contributed by atoms with E-state index in [1.54, 1.807) is 4.68 Å². The first kappa shape index (κ1) is 8.68. The zero-order valence-electron chi connectivity index (χ0n) is 7.98. The van der Waals surface area contributed by atoms with Crippen LogP contribution in [0, 0.1) is 13.8 Å². The molecule has 0 bridgehead atoms. The Morgan fingerprint density at radius 2 is 2.14 bits per heavy atom. The third-order valence-electron chi connectivity index (χ3n) is 1.89. The van der Waals surface area contributed by atoms with Crippen molar-refractivity contribution in [2.75, 3.05) is 0 Å². The third-order valence-corrected chi connectivity index (χ3v) is 1.89. The first-order valence-corrected chi connectivity index (χ1v) is 4.25. The second kappa shape index (κ2) is 3.10. The molecule has 0 atom stereocenters. The zero-order valence-corrected chi connectivity index (χ0v) is 7.98. The standard InChI is InChI=1S/C9H10N4O/c1-6-3-7(2)13(12-6)8-4-9(14)11-5-10-8/h3-5H,1-2H3,(H,10,11,14). The summed E-state index contributed by atoms with van der Waals surface area (Å²) in [7, 11) is 0. The molecule has 0 aliphatic rings. The van der Waals surface area contributed by atoms with Crippen molar-refractivity contribution in [3.8, 4) is 5.82 Å². The van der Waals surface area contributed by atoms with Crippen molar-refractivity contribution in [3.63, 3.8) is 0 Å². The lowest BCUT2D eigenvalue weighted by molar-refractivity contribution is 0.797.